The molecule has 0 saturated carbocycles. The minimum atomic E-state index is -0.317. The largest absolute Gasteiger partial charge is 0.497 e. The summed E-state index contributed by atoms with van der Waals surface area (Å²) in [5.74, 6) is 1.26. The van der Waals surface area contributed by atoms with Gasteiger partial charge in [0.1, 0.15) is 29.2 Å². The highest BCUT2D eigenvalue weighted by Crippen LogP contribution is 2.26. The second-order valence-electron chi connectivity index (χ2n) is 6.46. The number of hydrogen-bond acceptors (Lipinski definition) is 5. The molecule has 0 spiro atoms. The molecule has 0 unspecified atom stereocenters. The summed E-state index contributed by atoms with van der Waals surface area (Å²) in [5.41, 5.74) is 1.57. The van der Waals surface area contributed by atoms with Gasteiger partial charge in [-0.25, -0.2) is 14.4 Å². The molecule has 1 fully saturated rings. The van der Waals surface area contributed by atoms with Crippen molar-refractivity contribution in [2.45, 2.75) is 18.9 Å². The lowest BCUT2D eigenvalue weighted by Crippen LogP contribution is -2.39. The van der Waals surface area contributed by atoms with Crippen LogP contribution in [0.3, 0.4) is 0 Å². The van der Waals surface area contributed by atoms with Crippen LogP contribution < -0.4 is 15.0 Å². The Balaban J connectivity index is 1.43. The van der Waals surface area contributed by atoms with Gasteiger partial charge in [-0.15, -0.1) is 0 Å². The number of anilines is 2. The third-order valence-electron chi connectivity index (χ3n) is 4.89. The number of fused-ring (bicyclic) bond motifs is 1. The van der Waals surface area contributed by atoms with Gasteiger partial charge in [0, 0.05) is 30.2 Å². The molecule has 134 valence electrons. The Morgan fingerprint density at radius 2 is 1.85 bits per heavy atom. The third-order valence-corrected chi connectivity index (χ3v) is 4.89. The number of ether oxygens (including phenoxy) is 1. The number of halogens is 1. The summed E-state index contributed by atoms with van der Waals surface area (Å²) < 4.78 is 19.1. The van der Waals surface area contributed by atoms with Gasteiger partial charge in [-0.05, 0) is 49.2 Å². The molecule has 0 radical (unpaired) electrons. The quantitative estimate of drug-likeness (QED) is 0.773. The summed E-state index contributed by atoms with van der Waals surface area (Å²) >= 11 is 0. The molecule has 1 aliphatic heterocycles. The molecule has 3 aromatic rings. The Hall–Kier alpha value is -2.89. The van der Waals surface area contributed by atoms with E-state index in [-0.39, 0.29) is 5.82 Å². The fourth-order valence-electron chi connectivity index (χ4n) is 3.43. The summed E-state index contributed by atoms with van der Waals surface area (Å²) in [6.07, 6.45) is 3.40. The van der Waals surface area contributed by atoms with Crippen LogP contribution in [-0.4, -0.2) is 36.2 Å². The summed E-state index contributed by atoms with van der Waals surface area (Å²) in [6, 6.07) is 13.4. The van der Waals surface area contributed by atoms with E-state index in [0.717, 1.165) is 37.1 Å². The van der Waals surface area contributed by atoms with Crippen molar-refractivity contribution < 1.29 is 9.13 Å². The van der Waals surface area contributed by atoms with E-state index < -0.39 is 0 Å². The van der Waals surface area contributed by atoms with Gasteiger partial charge in [0.15, 0.2) is 0 Å². The highest BCUT2D eigenvalue weighted by Gasteiger charge is 2.20. The average Bonchev–Trinajstić information content (AvgIpc) is 2.69. The highest BCUT2D eigenvalue weighted by atomic mass is 19.1. The second kappa shape index (κ2) is 7.15. The van der Waals surface area contributed by atoms with Gasteiger partial charge in [0.05, 0.1) is 7.11 Å². The van der Waals surface area contributed by atoms with Crippen LogP contribution in [-0.2, 0) is 0 Å². The molecule has 1 N–H and O–H groups in total. The van der Waals surface area contributed by atoms with Gasteiger partial charge >= 0.3 is 0 Å². The fourth-order valence-corrected chi connectivity index (χ4v) is 3.43. The van der Waals surface area contributed by atoms with Gasteiger partial charge < -0.3 is 15.0 Å². The Labute approximate surface area is 151 Å². The Morgan fingerprint density at radius 3 is 2.58 bits per heavy atom. The summed E-state index contributed by atoms with van der Waals surface area (Å²) in [5, 5.41) is 4.20. The van der Waals surface area contributed by atoms with Crippen molar-refractivity contribution in [2.24, 2.45) is 0 Å². The van der Waals surface area contributed by atoms with E-state index in [9.17, 15) is 4.39 Å². The minimum Gasteiger partial charge on any atom is -0.497 e. The number of benzene rings is 2. The maximum absolute atomic E-state index is 13.9. The second-order valence-corrected chi connectivity index (χ2v) is 6.46. The van der Waals surface area contributed by atoms with E-state index in [0.29, 0.717) is 17.4 Å². The number of nitrogens with zero attached hydrogens (tertiary/aromatic N) is 3. The maximum atomic E-state index is 13.9. The van der Waals surface area contributed by atoms with Gasteiger partial charge in [-0.3, -0.25) is 0 Å². The van der Waals surface area contributed by atoms with Crippen molar-refractivity contribution in [3.8, 4) is 5.75 Å². The molecule has 6 heteroatoms. The molecule has 0 aliphatic carbocycles. The van der Waals surface area contributed by atoms with Crippen LogP contribution in [0.5, 0.6) is 5.75 Å². The SMILES string of the molecule is COc1ccc(N2CCC(Nc3ncnc4c(F)cccc34)CC2)cc1. The molecule has 2 aromatic carbocycles. The van der Waals surface area contributed by atoms with E-state index in [2.05, 4.69) is 32.3 Å². The Morgan fingerprint density at radius 1 is 1.08 bits per heavy atom. The van der Waals surface area contributed by atoms with Crippen molar-refractivity contribution in [1.82, 2.24) is 9.97 Å². The Kier molecular flexibility index (Phi) is 4.56. The third kappa shape index (κ3) is 3.27. The van der Waals surface area contributed by atoms with Crippen molar-refractivity contribution in [3.05, 3.63) is 54.6 Å². The Bertz CT molecular complexity index is 892. The molecule has 0 atom stereocenters. The van der Waals surface area contributed by atoms with Crippen LogP contribution in [0.4, 0.5) is 15.9 Å². The first-order valence-corrected chi connectivity index (χ1v) is 8.79. The first kappa shape index (κ1) is 16.6. The number of piperidine rings is 1. The van der Waals surface area contributed by atoms with E-state index >= 15 is 0 Å². The molecule has 2 heterocycles. The van der Waals surface area contributed by atoms with Crippen molar-refractivity contribution >= 4 is 22.4 Å². The molecule has 5 nitrogen and oxygen atoms in total. The first-order valence-electron chi connectivity index (χ1n) is 8.79. The van der Waals surface area contributed by atoms with Crippen LogP contribution in [0, 0.1) is 5.82 Å². The summed E-state index contributed by atoms with van der Waals surface area (Å²) in [7, 11) is 1.68. The monoisotopic (exact) mass is 352 g/mol. The zero-order chi connectivity index (χ0) is 17.9. The average molecular weight is 352 g/mol. The molecule has 1 saturated heterocycles. The normalized spacial score (nSPS) is 15.2. The van der Waals surface area contributed by atoms with Gasteiger partial charge in [-0.1, -0.05) is 6.07 Å². The van der Waals surface area contributed by atoms with Crippen molar-refractivity contribution in [3.63, 3.8) is 0 Å². The van der Waals surface area contributed by atoms with E-state index in [1.165, 1.54) is 18.1 Å². The number of aromatic nitrogens is 2. The number of hydrogen-bond donors (Lipinski definition) is 1. The van der Waals surface area contributed by atoms with E-state index in [4.69, 9.17) is 4.74 Å². The summed E-state index contributed by atoms with van der Waals surface area (Å²) in [4.78, 5) is 10.7. The smallest absolute Gasteiger partial charge is 0.149 e. The van der Waals surface area contributed by atoms with Crippen LogP contribution >= 0.6 is 0 Å². The lowest BCUT2D eigenvalue weighted by atomic mass is 10.0. The number of para-hydroxylation sites is 1. The van der Waals surface area contributed by atoms with Gasteiger partial charge in [0.25, 0.3) is 0 Å². The highest BCUT2D eigenvalue weighted by molar-refractivity contribution is 5.89. The zero-order valence-corrected chi connectivity index (χ0v) is 14.7. The van der Waals surface area contributed by atoms with E-state index in [1.54, 1.807) is 13.2 Å². The van der Waals surface area contributed by atoms with Crippen LogP contribution in [0.2, 0.25) is 0 Å². The molecule has 0 bridgehead atoms. The number of rotatable bonds is 4. The molecular weight excluding hydrogens is 331 g/mol. The van der Waals surface area contributed by atoms with Crippen molar-refractivity contribution in [2.75, 3.05) is 30.4 Å². The van der Waals surface area contributed by atoms with Crippen LogP contribution in [0.1, 0.15) is 12.8 Å². The molecule has 26 heavy (non-hydrogen) atoms. The fraction of sp³-hybridized carbons (Fsp3) is 0.300. The number of methoxy groups -OCH3 is 1. The summed E-state index contributed by atoms with van der Waals surface area (Å²) in [6.45, 7) is 1.92. The van der Waals surface area contributed by atoms with Gasteiger partial charge in [-0.2, -0.15) is 0 Å². The van der Waals surface area contributed by atoms with Gasteiger partial charge in [0.2, 0.25) is 0 Å². The lowest BCUT2D eigenvalue weighted by Gasteiger charge is -2.34. The molecular formula is C20H21FN4O. The zero-order valence-electron chi connectivity index (χ0n) is 14.7. The van der Waals surface area contributed by atoms with Crippen LogP contribution in [0.15, 0.2) is 48.8 Å². The minimum absolute atomic E-state index is 0.311. The van der Waals surface area contributed by atoms with Crippen LogP contribution in [0.25, 0.3) is 10.9 Å². The maximum Gasteiger partial charge on any atom is 0.149 e. The molecule has 1 aliphatic rings. The lowest BCUT2D eigenvalue weighted by molar-refractivity contribution is 0.414. The predicted octanol–water partition coefficient (Wildman–Crippen LogP) is 3.86. The first-order chi connectivity index (χ1) is 12.7. The number of nitrogens with one attached hydrogen (secondary N) is 1. The van der Waals surface area contributed by atoms with E-state index in [1.807, 2.05) is 18.2 Å². The topological polar surface area (TPSA) is 50.3 Å². The standard InChI is InChI=1S/C20H21FN4O/c1-26-16-7-5-15(6-8-16)25-11-9-14(10-12-25)24-20-17-3-2-4-18(21)19(17)22-13-23-20/h2-8,13-14H,9-12H2,1H3,(H,22,23,24). The molecule has 0 amide bonds. The molecule has 1 aromatic heterocycles. The van der Waals surface area contributed by atoms with Crippen molar-refractivity contribution in [1.29, 1.82) is 0 Å². The predicted molar refractivity (Wildman–Crippen MR) is 101 cm³/mol. The molecule has 4 rings (SSSR count).